The zero-order chi connectivity index (χ0) is 14.5. The molecule has 0 spiro atoms. The molecule has 2 rings (SSSR count). The summed E-state index contributed by atoms with van der Waals surface area (Å²) in [5.74, 6) is -0.133. The van der Waals surface area contributed by atoms with Crippen LogP contribution in [0.5, 0.6) is 11.5 Å². The number of carboxylic acids is 1. The van der Waals surface area contributed by atoms with Gasteiger partial charge in [0, 0.05) is 25.2 Å². The van der Waals surface area contributed by atoms with E-state index in [-0.39, 0.29) is 12.7 Å². The van der Waals surface area contributed by atoms with E-state index in [0.29, 0.717) is 24.6 Å². The average molecular weight is 277 g/mol. The molecule has 0 aliphatic carbocycles. The molecule has 0 radical (unpaired) electrons. The Hall–Kier alpha value is -2.50. The molecule has 0 saturated heterocycles. The molecule has 1 heterocycles. The van der Waals surface area contributed by atoms with Crippen LogP contribution in [0.1, 0.15) is 12.5 Å². The van der Waals surface area contributed by atoms with Crippen LogP contribution in [0.3, 0.4) is 0 Å². The molecule has 0 aromatic heterocycles. The van der Waals surface area contributed by atoms with Crippen LogP contribution < -0.4 is 9.47 Å². The number of hydrogen-bond donors (Lipinski definition) is 1. The highest BCUT2D eigenvalue weighted by atomic mass is 16.7. The molecular weight excluding hydrogens is 262 g/mol. The van der Waals surface area contributed by atoms with Crippen LogP contribution in [0.4, 0.5) is 0 Å². The third kappa shape index (κ3) is 3.28. The van der Waals surface area contributed by atoms with Crippen molar-refractivity contribution in [1.82, 2.24) is 4.90 Å². The van der Waals surface area contributed by atoms with Gasteiger partial charge in [0.15, 0.2) is 11.5 Å². The lowest BCUT2D eigenvalue weighted by Gasteiger charge is -2.19. The van der Waals surface area contributed by atoms with Gasteiger partial charge in [-0.25, -0.2) is 4.79 Å². The first kappa shape index (κ1) is 13.9. The van der Waals surface area contributed by atoms with Crippen molar-refractivity contribution in [2.75, 3.05) is 13.3 Å². The minimum atomic E-state index is -1.14. The first-order valence-corrected chi connectivity index (χ1v) is 6.18. The fourth-order valence-electron chi connectivity index (χ4n) is 1.85. The Morgan fingerprint density at radius 3 is 2.75 bits per heavy atom. The van der Waals surface area contributed by atoms with Gasteiger partial charge in [0.05, 0.1) is 0 Å². The first-order chi connectivity index (χ1) is 9.60. The van der Waals surface area contributed by atoms with E-state index in [4.69, 9.17) is 14.6 Å². The van der Waals surface area contributed by atoms with E-state index in [9.17, 15) is 9.59 Å². The van der Waals surface area contributed by atoms with Crippen molar-refractivity contribution in [3.8, 4) is 11.5 Å². The first-order valence-electron chi connectivity index (χ1n) is 6.18. The molecule has 1 N–H and O–H groups in total. The van der Waals surface area contributed by atoms with Crippen LogP contribution in [-0.4, -0.2) is 35.2 Å². The Kier molecular flexibility index (Phi) is 4.24. The van der Waals surface area contributed by atoms with Crippen molar-refractivity contribution in [2.24, 2.45) is 0 Å². The summed E-state index contributed by atoms with van der Waals surface area (Å²) in [6.45, 7) is 2.91. The number of aliphatic carboxylic acids is 1. The van der Waals surface area contributed by atoms with Crippen LogP contribution in [0.2, 0.25) is 0 Å². The highest BCUT2D eigenvalue weighted by Crippen LogP contribution is 2.32. The van der Waals surface area contributed by atoms with Gasteiger partial charge in [-0.2, -0.15) is 0 Å². The lowest BCUT2D eigenvalue weighted by Crippen LogP contribution is -2.28. The minimum absolute atomic E-state index is 0.205. The number of hydrogen-bond acceptors (Lipinski definition) is 4. The largest absolute Gasteiger partial charge is 0.478 e. The van der Waals surface area contributed by atoms with E-state index in [2.05, 4.69) is 0 Å². The zero-order valence-corrected chi connectivity index (χ0v) is 11.0. The van der Waals surface area contributed by atoms with Crippen LogP contribution in [0.15, 0.2) is 30.4 Å². The summed E-state index contributed by atoms with van der Waals surface area (Å²) in [5.41, 5.74) is 0.896. The topological polar surface area (TPSA) is 76.1 Å². The van der Waals surface area contributed by atoms with Crippen molar-refractivity contribution < 1.29 is 24.2 Å². The molecule has 1 aliphatic rings. The number of likely N-dealkylation sites (N-methyl/N-ethyl adjacent to an activating group) is 1. The Morgan fingerprint density at radius 1 is 1.30 bits per heavy atom. The fraction of sp³-hybridized carbons (Fsp3) is 0.286. The second-order valence-electron chi connectivity index (χ2n) is 4.21. The lowest BCUT2D eigenvalue weighted by atomic mass is 10.2. The molecule has 106 valence electrons. The Bertz CT molecular complexity index is 552. The van der Waals surface area contributed by atoms with E-state index < -0.39 is 5.97 Å². The highest BCUT2D eigenvalue weighted by molar-refractivity contribution is 5.93. The summed E-state index contributed by atoms with van der Waals surface area (Å²) in [4.78, 5) is 23.8. The van der Waals surface area contributed by atoms with Gasteiger partial charge in [0.2, 0.25) is 12.7 Å². The molecule has 1 amide bonds. The molecule has 6 nitrogen and oxygen atoms in total. The number of amides is 1. The molecule has 20 heavy (non-hydrogen) atoms. The van der Waals surface area contributed by atoms with Crippen molar-refractivity contribution >= 4 is 11.9 Å². The maximum absolute atomic E-state index is 11.8. The van der Waals surface area contributed by atoms with E-state index in [1.807, 2.05) is 19.1 Å². The molecule has 0 fully saturated rings. The summed E-state index contributed by atoms with van der Waals surface area (Å²) in [5, 5.41) is 8.52. The van der Waals surface area contributed by atoms with E-state index in [1.165, 1.54) is 4.90 Å². The van der Waals surface area contributed by atoms with Crippen LogP contribution >= 0.6 is 0 Å². The molecule has 1 aromatic carbocycles. The van der Waals surface area contributed by atoms with E-state index in [0.717, 1.165) is 17.7 Å². The zero-order valence-electron chi connectivity index (χ0n) is 11.0. The van der Waals surface area contributed by atoms with Gasteiger partial charge >= 0.3 is 5.97 Å². The van der Waals surface area contributed by atoms with Gasteiger partial charge in [0.1, 0.15) is 0 Å². The molecule has 0 unspecified atom stereocenters. The standard InChI is InChI=1S/C14H15NO5/c1-2-15(13(16)5-6-14(17)18)8-10-3-4-11-12(7-10)20-9-19-11/h3-7H,2,8-9H2,1H3,(H,17,18)/b6-5+. The molecule has 1 aromatic rings. The summed E-state index contributed by atoms with van der Waals surface area (Å²) < 4.78 is 10.5. The summed E-state index contributed by atoms with van der Waals surface area (Å²) in [6.07, 6.45) is 1.89. The normalized spacial score (nSPS) is 12.7. The minimum Gasteiger partial charge on any atom is -0.478 e. The Morgan fingerprint density at radius 2 is 2.05 bits per heavy atom. The third-order valence-electron chi connectivity index (χ3n) is 2.87. The Labute approximate surface area is 116 Å². The second-order valence-corrected chi connectivity index (χ2v) is 4.21. The highest BCUT2D eigenvalue weighted by Gasteiger charge is 2.15. The number of rotatable bonds is 5. The predicted octanol–water partition coefficient (Wildman–Crippen LogP) is 1.40. The fourth-order valence-corrected chi connectivity index (χ4v) is 1.85. The summed E-state index contributed by atoms with van der Waals surface area (Å²) in [7, 11) is 0. The van der Waals surface area contributed by atoms with Crippen LogP contribution in [-0.2, 0) is 16.1 Å². The summed E-state index contributed by atoms with van der Waals surface area (Å²) >= 11 is 0. The van der Waals surface area contributed by atoms with Gasteiger partial charge in [-0.15, -0.1) is 0 Å². The third-order valence-corrected chi connectivity index (χ3v) is 2.87. The van der Waals surface area contributed by atoms with Gasteiger partial charge < -0.3 is 19.5 Å². The predicted molar refractivity (Wildman–Crippen MR) is 70.4 cm³/mol. The average Bonchev–Trinajstić information content (AvgIpc) is 2.89. The lowest BCUT2D eigenvalue weighted by molar-refractivity contribution is -0.132. The van der Waals surface area contributed by atoms with Crippen molar-refractivity contribution in [1.29, 1.82) is 0 Å². The van der Waals surface area contributed by atoms with Crippen molar-refractivity contribution in [2.45, 2.75) is 13.5 Å². The molecule has 6 heteroatoms. The maximum atomic E-state index is 11.8. The second kappa shape index (κ2) is 6.10. The van der Waals surface area contributed by atoms with Crippen LogP contribution in [0, 0.1) is 0 Å². The van der Waals surface area contributed by atoms with Crippen LogP contribution in [0.25, 0.3) is 0 Å². The van der Waals surface area contributed by atoms with Gasteiger partial charge in [-0.05, 0) is 24.6 Å². The maximum Gasteiger partial charge on any atom is 0.328 e. The molecule has 1 aliphatic heterocycles. The van der Waals surface area contributed by atoms with E-state index >= 15 is 0 Å². The van der Waals surface area contributed by atoms with Gasteiger partial charge in [-0.1, -0.05) is 6.07 Å². The van der Waals surface area contributed by atoms with E-state index in [1.54, 1.807) is 6.07 Å². The number of carbonyl (C=O) groups excluding carboxylic acids is 1. The summed E-state index contributed by atoms with van der Waals surface area (Å²) in [6, 6.07) is 5.46. The number of fused-ring (bicyclic) bond motifs is 1. The smallest absolute Gasteiger partial charge is 0.328 e. The van der Waals surface area contributed by atoms with Gasteiger partial charge in [-0.3, -0.25) is 4.79 Å². The number of carboxylic acid groups (broad SMARTS) is 1. The quantitative estimate of drug-likeness (QED) is 0.823. The van der Waals surface area contributed by atoms with Crippen molar-refractivity contribution in [3.05, 3.63) is 35.9 Å². The van der Waals surface area contributed by atoms with Crippen molar-refractivity contribution in [3.63, 3.8) is 0 Å². The SMILES string of the molecule is CCN(Cc1ccc2c(c1)OCO2)C(=O)/C=C/C(=O)O. The molecule has 0 saturated carbocycles. The molecular formula is C14H15NO5. The number of carbonyl (C=O) groups is 2. The monoisotopic (exact) mass is 277 g/mol. The Balaban J connectivity index is 2.06. The molecule has 0 atom stereocenters. The number of nitrogens with zero attached hydrogens (tertiary/aromatic N) is 1. The number of ether oxygens (including phenoxy) is 2. The number of benzene rings is 1. The molecule has 0 bridgehead atoms. The van der Waals surface area contributed by atoms with Gasteiger partial charge in [0.25, 0.3) is 0 Å².